The summed E-state index contributed by atoms with van der Waals surface area (Å²) in [4.78, 5) is 58.1. The summed E-state index contributed by atoms with van der Waals surface area (Å²) in [5, 5.41) is 14.5. The zero-order valence-corrected chi connectivity index (χ0v) is 35.6. The third kappa shape index (κ3) is 9.52. The topological polar surface area (TPSA) is 172 Å². The molecule has 3 aromatic rings. The summed E-state index contributed by atoms with van der Waals surface area (Å²) in [6.07, 6.45) is 6.53. The Hall–Kier alpha value is -5.32. The van der Waals surface area contributed by atoms with Gasteiger partial charge in [0.1, 0.15) is 29.5 Å². The number of unbranched alkanes of at least 4 members (excludes halogenated alkanes) is 2. The molecule has 3 aromatic carbocycles. The van der Waals surface area contributed by atoms with E-state index in [1.165, 1.54) is 0 Å². The highest BCUT2D eigenvalue weighted by molar-refractivity contribution is 6.05. The number of nitrogens with zero attached hydrogens (tertiary/aromatic N) is 2. The minimum Gasteiger partial charge on any atom is -0.497 e. The van der Waals surface area contributed by atoms with Crippen LogP contribution in [0.25, 0.3) is 0 Å². The number of ether oxygens (including phenoxy) is 6. The van der Waals surface area contributed by atoms with Crippen molar-refractivity contribution in [2.75, 3.05) is 74.0 Å². The maximum atomic E-state index is 13.3. The van der Waals surface area contributed by atoms with E-state index in [2.05, 4.69) is 5.32 Å². The highest BCUT2D eigenvalue weighted by Crippen LogP contribution is 2.46. The first-order valence-corrected chi connectivity index (χ1v) is 21.3. The van der Waals surface area contributed by atoms with E-state index < -0.39 is 34.7 Å². The number of amides is 4. The Morgan fingerprint density at radius 3 is 1.76 bits per heavy atom. The van der Waals surface area contributed by atoms with Crippen LogP contribution in [-0.2, 0) is 43.8 Å². The molecule has 332 valence electrons. The van der Waals surface area contributed by atoms with Crippen LogP contribution in [0.15, 0.2) is 84.9 Å². The normalized spacial score (nSPS) is 21.3. The molecular weight excluding hydrogens is 799 g/mol. The van der Waals surface area contributed by atoms with Crippen LogP contribution >= 0.6 is 0 Å². The lowest BCUT2D eigenvalue weighted by molar-refractivity contribution is -0.195. The van der Waals surface area contributed by atoms with Crippen LogP contribution in [0.4, 0.5) is 0 Å². The number of carbonyl (C=O) groups excluding carboxylic acids is 4. The van der Waals surface area contributed by atoms with E-state index in [1.54, 1.807) is 21.3 Å². The average Bonchev–Trinajstić information content (AvgIpc) is 4.01. The summed E-state index contributed by atoms with van der Waals surface area (Å²) >= 11 is 0. The highest BCUT2D eigenvalue weighted by Gasteiger charge is 2.61. The van der Waals surface area contributed by atoms with E-state index in [1.807, 2.05) is 89.8 Å². The number of hydrogen-bond donors (Lipinski definition) is 2. The Labute approximate surface area is 362 Å². The molecule has 15 heteroatoms. The van der Waals surface area contributed by atoms with Crippen LogP contribution in [0.2, 0.25) is 0 Å². The van der Waals surface area contributed by atoms with Crippen molar-refractivity contribution in [3.63, 3.8) is 0 Å². The molecule has 2 bridgehead atoms. The standard InChI is InChI=1S/C47H57N3O12/c1-56-35-14-8-32(9-15-35)47(33-10-16-36(57-2)17-11-33,34-12-18-37(58-3)19-13-34)60-31-46(30-51)22-25-49(26-23-46)41(53)7-5-4-6-24-48-40(52)29-59-27-28-61-50-44(54)42-38-20-21-39(62-38)43(42)45(50)55/h8-21,38-39,42-43,51H,4-7,22-31H2,1-3H3,(H,48,52). The van der Waals surface area contributed by atoms with Gasteiger partial charge in [0.05, 0.1) is 71.8 Å². The monoisotopic (exact) mass is 855 g/mol. The number of likely N-dealkylation sites (tertiary alicyclic amines) is 1. The molecule has 0 aromatic heterocycles. The quantitative estimate of drug-likeness (QED) is 0.0641. The minimum absolute atomic E-state index is 0.0321. The van der Waals surface area contributed by atoms with Gasteiger partial charge in [0.25, 0.3) is 11.8 Å². The molecule has 4 aliphatic heterocycles. The number of hydroxylamine groups is 2. The molecule has 0 saturated carbocycles. The van der Waals surface area contributed by atoms with Crippen molar-refractivity contribution in [2.24, 2.45) is 17.3 Å². The molecule has 4 atom stereocenters. The summed E-state index contributed by atoms with van der Waals surface area (Å²) in [6.45, 7) is 1.39. The predicted molar refractivity (Wildman–Crippen MR) is 225 cm³/mol. The molecule has 62 heavy (non-hydrogen) atoms. The SMILES string of the molecule is COc1ccc(C(OCC2(CO)CCN(C(=O)CCCCCNC(=O)COCCON3C(=O)C4C5C=CC(O5)C4C3=O)CC2)(c2ccc(OC)cc2)c2ccc(OC)cc2)cc1. The van der Waals surface area contributed by atoms with Gasteiger partial charge in [0.15, 0.2) is 0 Å². The molecule has 4 unspecified atom stereocenters. The number of hydrogen-bond acceptors (Lipinski definition) is 12. The van der Waals surface area contributed by atoms with Gasteiger partial charge in [-0.05, 0) is 78.8 Å². The smallest absolute Gasteiger partial charge is 0.260 e. The molecule has 2 N–H and O–H groups in total. The van der Waals surface area contributed by atoms with Gasteiger partial charge in [-0.15, -0.1) is 0 Å². The molecule has 7 rings (SSSR count). The van der Waals surface area contributed by atoms with Crippen LogP contribution in [0.1, 0.15) is 55.2 Å². The van der Waals surface area contributed by atoms with E-state index in [9.17, 15) is 24.3 Å². The molecule has 0 radical (unpaired) electrons. The van der Waals surface area contributed by atoms with Crippen molar-refractivity contribution in [3.8, 4) is 17.2 Å². The van der Waals surface area contributed by atoms with Crippen molar-refractivity contribution < 1.29 is 57.5 Å². The van der Waals surface area contributed by atoms with E-state index in [-0.39, 0.29) is 57.1 Å². The number of fused-ring (bicyclic) bond motifs is 5. The molecule has 15 nitrogen and oxygen atoms in total. The highest BCUT2D eigenvalue weighted by atomic mass is 16.7. The number of methoxy groups -OCH3 is 3. The molecule has 4 aliphatic rings. The number of piperidine rings is 1. The average molecular weight is 856 g/mol. The molecule has 0 spiro atoms. The van der Waals surface area contributed by atoms with Crippen molar-refractivity contribution >= 4 is 23.6 Å². The molecule has 3 saturated heterocycles. The fourth-order valence-corrected chi connectivity index (χ4v) is 8.84. The number of aliphatic hydroxyl groups is 1. The largest absolute Gasteiger partial charge is 0.497 e. The number of aliphatic hydroxyl groups excluding tert-OH is 1. The summed E-state index contributed by atoms with van der Waals surface area (Å²) in [5.74, 6) is 0.0328. The van der Waals surface area contributed by atoms with Crippen LogP contribution in [-0.4, -0.2) is 125 Å². The fraction of sp³-hybridized carbons (Fsp3) is 0.489. The van der Waals surface area contributed by atoms with E-state index in [0.717, 1.165) is 28.2 Å². The van der Waals surface area contributed by atoms with Gasteiger partial charge in [-0.3, -0.25) is 24.0 Å². The van der Waals surface area contributed by atoms with Gasteiger partial charge in [-0.25, -0.2) is 0 Å². The lowest BCUT2D eigenvalue weighted by Crippen LogP contribution is -2.48. The number of imide groups is 1. The number of nitrogens with one attached hydrogen (secondary N) is 1. The molecule has 4 amide bonds. The lowest BCUT2D eigenvalue weighted by Gasteiger charge is -2.44. The first kappa shape index (κ1) is 44.7. The van der Waals surface area contributed by atoms with Gasteiger partial charge in [-0.1, -0.05) is 55.0 Å². The summed E-state index contributed by atoms with van der Waals surface area (Å²) in [5.41, 5.74) is 0.975. The Morgan fingerprint density at radius 2 is 1.27 bits per heavy atom. The van der Waals surface area contributed by atoms with Crippen molar-refractivity contribution in [2.45, 2.75) is 56.3 Å². The summed E-state index contributed by atoms with van der Waals surface area (Å²) < 4.78 is 34.6. The van der Waals surface area contributed by atoms with Gasteiger partial charge in [-0.2, -0.15) is 5.06 Å². The predicted octanol–water partition coefficient (Wildman–Crippen LogP) is 4.19. The number of carbonyl (C=O) groups is 4. The van der Waals surface area contributed by atoms with Crippen LogP contribution in [0, 0.1) is 17.3 Å². The molecule has 4 heterocycles. The zero-order chi connectivity index (χ0) is 43.7. The Kier molecular flexibility index (Phi) is 14.6. The van der Waals surface area contributed by atoms with E-state index >= 15 is 0 Å². The van der Waals surface area contributed by atoms with Gasteiger partial charge in [0, 0.05) is 31.5 Å². The minimum atomic E-state index is -1.08. The Bertz CT molecular complexity index is 1890. The van der Waals surface area contributed by atoms with Crippen LogP contribution in [0.5, 0.6) is 17.2 Å². The maximum absolute atomic E-state index is 13.3. The van der Waals surface area contributed by atoms with Gasteiger partial charge >= 0.3 is 0 Å². The first-order chi connectivity index (χ1) is 30.1. The third-order valence-corrected chi connectivity index (χ3v) is 12.5. The van der Waals surface area contributed by atoms with E-state index in [4.69, 9.17) is 33.3 Å². The second-order valence-electron chi connectivity index (χ2n) is 16.2. The van der Waals surface area contributed by atoms with E-state index in [0.29, 0.717) is 69.0 Å². The number of benzene rings is 3. The van der Waals surface area contributed by atoms with Crippen molar-refractivity contribution in [1.82, 2.24) is 15.3 Å². The van der Waals surface area contributed by atoms with Crippen LogP contribution in [0.3, 0.4) is 0 Å². The summed E-state index contributed by atoms with van der Waals surface area (Å²) in [7, 11) is 4.89. The molecule has 3 fully saturated rings. The van der Waals surface area contributed by atoms with Gasteiger partial charge < -0.3 is 43.7 Å². The first-order valence-electron chi connectivity index (χ1n) is 21.3. The Morgan fingerprint density at radius 1 is 0.758 bits per heavy atom. The van der Waals surface area contributed by atoms with Crippen LogP contribution < -0.4 is 19.5 Å². The third-order valence-electron chi connectivity index (χ3n) is 12.5. The van der Waals surface area contributed by atoms with Gasteiger partial charge in [0.2, 0.25) is 11.8 Å². The summed E-state index contributed by atoms with van der Waals surface area (Å²) in [6, 6.07) is 23.4. The fourth-order valence-electron chi connectivity index (χ4n) is 8.84. The molecule has 0 aliphatic carbocycles. The zero-order valence-electron chi connectivity index (χ0n) is 35.6. The second-order valence-corrected chi connectivity index (χ2v) is 16.2. The lowest BCUT2D eigenvalue weighted by atomic mass is 9.77. The van der Waals surface area contributed by atoms with Crippen molar-refractivity contribution in [1.29, 1.82) is 0 Å². The maximum Gasteiger partial charge on any atom is 0.260 e. The second kappa shape index (κ2) is 20.2. The Balaban J connectivity index is 0.847. The number of rotatable bonds is 22. The van der Waals surface area contributed by atoms with Crippen molar-refractivity contribution in [3.05, 3.63) is 102 Å². The molecular formula is C47H57N3O12.